The Hall–Kier alpha value is -1.79. The number of hydrogen-bond donors (Lipinski definition) is 2. The molecule has 2 aliphatic rings. The van der Waals surface area contributed by atoms with Crippen LogP contribution in [0.3, 0.4) is 0 Å². The number of ether oxygens (including phenoxy) is 1. The van der Waals surface area contributed by atoms with Crippen molar-refractivity contribution in [1.29, 1.82) is 0 Å². The molecule has 136 valence electrons. The number of aliphatic imine (C=N–C) groups is 1. The van der Waals surface area contributed by atoms with Gasteiger partial charge in [0.15, 0.2) is 5.96 Å². The van der Waals surface area contributed by atoms with Gasteiger partial charge in [0.05, 0.1) is 13.0 Å². The van der Waals surface area contributed by atoms with Gasteiger partial charge in [-0.25, -0.2) is 0 Å². The summed E-state index contributed by atoms with van der Waals surface area (Å²) in [4.78, 5) is 29.9. The maximum absolute atomic E-state index is 11.8. The summed E-state index contributed by atoms with van der Waals surface area (Å²) in [5.74, 6) is 1.23. The third-order valence-corrected chi connectivity index (χ3v) is 5.04. The van der Waals surface area contributed by atoms with E-state index in [1.807, 2.05) is 0 Å². The van der Waals surface area contributed by atoms with Crippen LogP contribution in [0, 0.1) is 17.8 Å². The smallest absolute Gasteiger partial charge is 0.310 e. The van der Waals surface area contributed by atoms with Crippen molar-refractivity contribution in [2.45, 2.75) is 32.6 Å². The van der Waals surface area contributed by atoms with Crippen LogP contribution in [0.15, 0.2) is 4.99 Å². The van der Waals surface area contributed by atoms with Gasteiger partial charge < -0.3 is 20.3 Å². The highest BCUT2D eigenvalue weighted by Gasteiger charge is 2.36. The number of likely N-dealkylation sites (tertiary alicyclic amines) is 1. The number of nitrogens with one attached hydrogen (secondary N) is 2. The molecular weight excluding hydrogens is 308 g/mol. The van der Waals surface area contributed by atoms with Crippen LogP contribution in [0.1, 0.15) is 32.6 Å². The number of amides is 1. The minimum atomic E-state index is -0.154. The molecule has 0 bridgehead atoms. The number of carbonyl (C=O) groups is 2. The highest BCUT2D eigenvalue weighted by atomic mass is 16.5. The molecule has 0 aromatic carbocycles. The zero-order valence-corrected chi connectivity index (χ0v) is 15.0. The van der Waals surface area contributed by atoms with Gasteiger partial charge in [0.2, 0.25) is 5.91 Å². The molecule has 7 heteroatoms. The topological polar surface area (TPSA) is 83.0 Å². The fraction of sp³-hybridized carbons (Fsp3) is 0.824. The number of nitrogens with zero attached hydrogens (tertiary/aromatic N) is 2. The molecule has 1 aliphatic carbocycles. The molecule has 2 unspecified atom stereocenters. The zero-order chi connectivity index (χ0) is 17.5. The molecule has 1 amide bonds. The first-order chi connectivity index (χ1) is 11.6. The van der Waals surface area contributed by atoms with Crippen molar-refractivity contribution in [1.82, 2.24) is 15.5 Å². The van der Waals surface area contributed by atoms with Crippen molar-refractivity contribution >= 4 is 17.8 Å². The zero-order valence-electron chi connectivity index (χ0n) is 15.0. The molecule has 0 aromatic rings. The standard InChI is InChI=1S/C17H30N4O3/c1-12-10-21(11-14(12)16(23)24-3)17(18-2)20-9-5-8-19-15(22)13-6-4-7-13/h12-14H,4-11H2,1-3H3,(H,18,20)(H,19,22). The predicted octanol–water partition coefficient (Wildman–Crippen LogP) is 0.609. The number of carbonyl (C=O) groups excluding carboxylic acids is 2. The molecule has 0 aromatic heterocycles. The number of esters is 1. The molecule has 1 heterocycles. The van der Waals surface area contributed by atoms with Crippen molar-refractivity contribution in [2.75, 3.05) is 40.3 Å². The maximum Gasteiger partial charge on any atom is 0.310 e. The van der Waals surface area contributed by atoms with E-state index in [-0.39, 0.29) is 29.6 Å². The monoisotopic (exact) mass is 338 g/mol. The molecule has 0 radical (unpaired) electrons. The second kappa shape index (κ2) is 8.89. The first kappa shape index (κ1) is 18.5. The van der Waals surface area contributed by atoms with E-state index in [1.54, 1.807) is 7.05 Å². The van der Waals surface area contributed by atoms with E-state index in [0.29, 0.717) is 13.1 Å². The summed E-state index contributed by atoms with van der Waals surface area (Å²) < 4.78 is 4.87. The van der Waals surface area contributed by atoms with Crippen LogP contribution < -0.4 is 10.6 Å². The molecule has 2 atom stereocenters. The molecule has 24 heavy (non-hydrogen) atoms. The van der Waals surface area contributed by atoms with Crippen LogP contribution in [-0.2, 0) is 14.3 Å². The van der Waals surface area contributed by atoms with Crippen LogP contribution in [0.4, 0.5) is 0 Å². The predicted molar refractivity (Wildman–Crippen MR) is 92.6 cm³/mol. The van der Waals surface area contributed by atoms with Crippen molar-refractivity contribution in [3.63, 3.8) is 0 Å². The third-order valence-electron chi connectivity index (χ3n) is 5.04. The maximum atomic E-state index is 11.8. The Balaban J connectivity index is 1.67. The van der Waals surface area contributed by atoms with Crippen LogP contribution in [-0.4, -0.2) is 63.1 Å². The van der Waals surface area contributed by atoms with E-state index in [4.69, 9.17) is 4.74 Å². The molecule has 1 saturated heterocycles. The second-order valence-electron chi connectivity index (χ2n) is 6.76. The Morgan fingerprint density at radius 2 is 1.92 bits per heavy atom. The minimum absolute atomic E-state index is 0.102. The summed E-state index contributed by atoms with van der Waals surface area (Å²) in [7, 11) is 3.18. The van der Waals surface area contributed by atoms with Gasteiger partial charge in [-0.05, 0) is 25.2 Å². The van der Waals surface area contributed by atoms with E-state index < -0.39 is 0 Å². The molecule has 2 fully saturated rings. The van der Waals surface area contributed by atoms with Crippen molar-refractivity contribution < 1.29 is 14.3 Å². The largest absolute Gasteiger partial charge is 0.469 e. The SMILES string of the molecule is CN=C(NCCCNC(=O)C1CCC1)N1CC(C)C(C(=O)OC)C1. The molecule has 2 rings (SSSR count). The summed E-state index contributed by atoms with van der Waals surface area (Å²) in [5.41, 5.74) is 0. The third kappa shape index (κ3) is 4.61. The summed E-state index contributed by atoms with van der Waals surface area (Å²) in [5, 5.41) is 6.30. The van der Waals surface area contributed by atoms with Gasteiger partial charge in [-0.3, -0.25) is 14.6 Å². The Labute approximate surface area is 144 Å². The fourth-order valence-corrected chi connectivity index (χ4v) is 3.25. The Morgan fingerprint density at radius 3 is 2.50 bits per heavy atom. The van der Waals surface area contributed by atoms with Gasteiger partial charge in [-0.15, -0.1) is 0 Å². The van der Waals surface area contributed by atoms with Gasteiger partial charge in [0, 0.05) is 39.1 Å². The van der Waals surface area contributed by atoms with Gasteiger partial charge >= 0.3 is 5.97 Å². The first-order valence-electron chi connectivity index (χ1n) is 8.88. The number of methoxy groups -OCH3 is 1. The van der Waals surface area contributed by atoms with E-state index in [1.165, 1.54) is 13.5 Å². The lowest BCUT2D eigenvalue weighted by Gasteiger charge is -2.24. The van der Waals surface area contributed by atoms with Crippen LogP contribution in [0.25, 0.3) is 0 Å². The second-order valence-corrected chi connectivity index (χ2v) is 6.76. The van der Waals surface area contributed by atoms with Gasteiger partial charge in [-0.1, -0.05) is 13.3 Å². The van der Waals surface area contributed by atoms with Gasteiger partial charge in [0.1, 0.15) is 0 Å². The van der Waals surface area contributed by atoms with Gasteiger partial charge in [-0.2, -0.15) is 0 Å². The average Bonchev–Trinajstić information content (AvgIpc) is 2.90. The number of rotatable bonds is 6. The Kier molecular flexibility index (Phi) is 6.87. The Bertz CT molecular complexity index is 476. The van der Waals surface area contributed by atoms with E-state index in [2.05, 4.69) is 27.4 Å². The average molecular weight is 338 g/mol. The van der Waals surface area contributed by atoms with E-state index in [9.17, 15) is 9.59 Å². The summed E-state index contributed by atoms with van der Waals surface area (Å²) >= 11 is 0. The molecular formula is C17H30N4O3. The van der Waals surface area contributed by atoms with Crippen LogP contribution >= 0.6 is 0 Å². The normalized spacial score (nSPS) is 24.5. The van der Waals surface area contributed by atoms with Crippen molar-refractivity contribution in [3.8, 4) is 0 Å². The molecule has 2 N–H and O–H groups in total. The van der Waals surface area contributed by atoms with Gasteiger partial charge in [0.25, 0.3) is 0 Å². The molecule has 1 aliphatic heterocycles. The minimum Gasteiger partial charge on any atom is -0.469 e. The highest BCUT2D eigenvalue weighted by molar-refractivity contribution is 5.82. The molecule has 0 spiro atoms. The number of guanidine groups is 1. The van der Waals surface area contributed by atoms with E-state index >= 15 is 0 Å². The lowest BCUT2D eigenvalue weighted by Crippen LogP contribution is -2.42. The first-order valence-corrected chi connectivity index (χ1v) is 8.88. The summed E-state index contributed by atoms with van der Waals surface area (Å²) in [6, 6.07) is 0. The van der Waals surface area contributed by atoms with Crippen molar-refractivity contribution in [3.05, 3.63) is 0 Å². The highest BCUT2D eigenvalue weighted by Crippen LogP contribution is 2.26. The lowest BCUT2D eigenvalue weighted by molar-refractivity contribution is -0.146. The van der Waals surface area contributed by atoms with Crippen LogP contribution in [0.2, 0.25) is 0 Å². The molecule has 1 saturated carbocycles. The van der Waals surface area contributed by atoms with E-state index in [0.717, 1.165) is 38.3 Å². The fourth-order valence-electron chi connectivity index (χ4n) is 3.25. The van der Waals surface area contributed by atoms with Crippen molar-refractivity contribution in [2.24, 2.45) is 22.7 Å². The lowest BCUT2D eigenvalue weighted by atomic mass is 9.85. The quantitative estimate of drug-likeness (QED) is 0.321. The Morgan fingerprint density at radius 1 is 1.21 bits per heavy atom. The number of hydrogen-bond acceptors (Lipinski definition) is 4. The van der Waals surface area contributed by atoms with Crippen LogP contribution in [0.5, 0.6) is 0 Å². The summed E-state index contributed by atoms with van der Waals surface area (Å²) in [6.45, 7) is 4.90. The molecule has 7 nitrogen and oxygen atoms in total. The summed E-state index contributed by atoms with van der Waals surface area (Å²) in [6.07, 6.45) is 4.09.